The van der Waals surface area contributed by atoms with Gasteiger partial charge >= 0.3 is 0 Å². The molecule has 0 amide bonds. The van der Waals surface area contributed by atoms with Crippen molar-refractivity contribution in [2.45, 2.75) is 55.4 Å². The molecule has 0 aromatic carbocycles. The Morgan fingerprint density at radius 1 is 0.425 bits per heavy atom. The molecule has 0 saturated heterocycles. The third kappa shape index (κ3) is 11.6. The Hall–Kier alpha value is -5.00. The molecule has 0 bridgehead atoms. The standard InChI is InChI=1S/C28H34N12/c1-19(33-31-17-27-13-9-11-15-29-27)21(3)35-37-23(5)25(7)39-40-26(8)24(6)38-36-22(4)20(2)34-32-18-28-14-10-12-16-30-28/h9-18H,1-8H3/b31-17+,32-18+,33-19-,34-20-,35-21-,36-22-,37-23-,38-24-,39-25-,40-26-. The maximum Gasteiger partial charge on any atom is 0.0831 e. The van der Waals surface area contributed by atoms with E-state index >= 15 is 0 Å². The van der Waals surface area contributed by atoms with Gasteiger partial charge in [-0.2, -0.15) is 51.0 Å². The van der Waals surface area contributed by atoms with Gasteiger partial charge in [-0.3, -0.25) is 9.97 Å². The lowest BCUT2D eigenvalue weighted by Crippen LogP contribution is -2.10. The monoisotopic (exact) mass is 538 g/mol. The predicted octanol–water partition coefficient (Wildman–Crippen LogP) is 5.28. The van der Waals surface area contributed by atoms with E-state index in [1.165, 1.54) is 0 Å². The van der Waals surface area contributed by atoms with Crippen LogP contribution in [0.15, 0.2) is 99.8 Å². The third-order valence-corrected chi connectivity index (χ3v) is 5.32. The van der Waals surface area contributed by atoms with Crippen molar-refractivity contribution in [2.75, 3.05) is 0 Å². The normalized spacial score (nSPS) is 15.5. The van der Waals surface area contributed by atoms with E-state index in [1.54, 1.807) is 52.5 Å². The Kier molecular flexibility index (Phi) is 13.1. The van der Waals surface area contributed by atoms with Crippen LogP contribution in [0.1, 0.15) is 66.8 Å². The molecule has 0 aliphatic carbocycles. The second-order valence-electron chi connectivity index (χ2n) is 8.48. The molecule has 0 unspecified atom stereocenters. The van der Waals surface area contributed by atoms with Crippen molar-refractivity contribution in [3.05, 3.63) is 60.2 Å². The van der Waals surface area contributed by atoms with Crippen molar-refractivity contribution in [2.24, 2.45) is 51.0 Å². The van der Waals surface area contributed by atoms with Gasteiger partial charge in [0.25, 0.3) is 0 Å². The largest absolute Gasteiger partial charge is 0.255 e. The molecule has 0 spiro atoms. The molecule has 40 heavy (non-hydrogen) atoms. The zero-order valence-corrected chi connectivity index (χ0v) is 24.1. The highest BCUT2D eigenvalue weighted by atomic mass is 15.3. The molecule has 206 valence electrons. The average molecular weight is 539 g/mol. The van der Waals surface area contributed by atoms with Crippen LogP contribution >= 0.6 is 0 Å². The van der Waals surface area contributed by atoms with E-state index in [0.29, 0.717) is 45.7 Å². The van der Waals surface area contributed by atoms with Crippen LogP contribution in [0.3, 0.4) is 0 Å². The van der Waals surface area contributed by atoms with Gasteiger partial charge in [0.1, 0.15) is 0 Å². The molecule has 0 fully saturated rings. The van der Waals surface area contributed by atoms with Crippen LogP contribution in [-0.4, -0.2) is 68.1 Å². The second-order valence-corrected chi connectivity index (χ2v) is 8.48. The van der Waals surface area contributed by atoms with Gasteiger partial charge in [0.15, 0.2) is 0 Å². The number of pyridine rings is 2. The molecule has 0 aliphatic heterocycles. The fraction of sp³-hybridized carbons (Fsp3) is 0.286. The highest BCUT2D eigenvalue weighted by Crippen LogP contribution is 1.96. The maximum atomic E-state index is 4.25. The van der Waals surface area contributed by atoms with Crippen LogP contribution in [0.25, 0.3) is 0 Å². The minimum atomic E-state index is 0.611. The fourth-order valence-electron chi connectivity index (χ4n) is 2.28. The fourth-order valence-corrected chi connectivity index (χ4v) is 2.28. The maximum absolute atomic E-state index is 4.25. The van der Waals surface area contributed by atoms with Gasteiger partial charge in [-0.1, -0.05) is 12.1 Å². The minimum Gasteiger partial charge on any atom is -0.255 e. The molecule has 12 heteroatoms. The summed E-state index contributed by atoms with van der Waals surface area (Å²) in [5.41, 5.74) is 6.41. The van der Waals surface area contributed by atoms with E-state index in [2.05, 4.69) is 61.0 Å². The molecular weight excluding hydrogens is 504 g/mol. The van der Waals surface area contributed by atoms with Crippen LogP contribution in [0.2, 0.25) is 0 Å². The lowest BCUT2D eigenvalue weighted by atomic mass is 10.3. The molecule has 0 aliphatic rings. The zero-order valence-electron chi connectivity index (χ0n) is 24.1. The van der Waals surface area contributed by atoms with E-state index in [0.717, 1.165) is 11.4 Å². The summed E-state index contributed by atoms with van der Waals surface area (Å²) in [6.07, 6.45) is 6.55. The zero-order chi connectivity index (χ0) is 29.3. The molecule has 0 saturated carbocycles. The first-order valence-corrected chi connectivity index (χ1v) is 12.4. The summed E-state index contributed by atoms with van der Waals surface area (Å²) in [6, 6.07) is 11.1. The molecular formula is C28H34N12. The molecule has 12 nitrogen and oxygen atoms in total. The van der Waals surface area contributed by atoms with E-state index in [9.17, 15) is 0 Å². The number of hydrogen-bond acceptors (Lipinski definition) is 12. The number of hydrogen-bond donors (Lipinski definition) is 0. The minimum absolute atomic E-state index is 0.611. The SMILES string of the molecule is CC(=N/N=C(C)\C(C)=N/N=C(C)\C(C)=N/N=C/c1ccccn1)/C(C)=N\N=C(C)/C(C)=N\N=C\c1ccccn1. The number of aromatic nitrogens is 2. The Morgan fingerprint density at radius 2 is 0.700 bits per heavy atom. The summed E-state index contributed by atoms with van der Waals surface area (Å²) < 4.78 is 0. The van der Waals surface area contributed by atoms with Gasteiger partial charge in [-0.25, -0.2) is 0 Å². The average Bonchev–Trinajstić information content (AvgIpc) is 2.97. The van der Waals surface area contributed by atoms with Crippen molar-refractivity contribution >= 4 is 58.1 Å². The van der Waals surface area contributed by atoms with Crippen molar-refractivity contribution in [3.8, 4) is 0 Å². The van der Waals surface area contributed by atoms with E-state index in [-0.39, 0.29) is 0 Å². The predicted molar refractivity (Wildman–Crippen MR) is 169 cm³/mol. The van der Waals surface area contributed by atoms with Gasteiger partial charge in [0.05, 0.1) is 69.5 Å². The van der Waals surface area contributed by atoms with Crippen LogP contribution < -0.4 is 0 Å². The van der Waals surface area contributed by atoms with Crippen LogP contribution in [-0.2, 0) is 0 Å². The topological polar surface area (TPSA) is 149 Å². The van der Waals surface area contributed by atoms with Crippen molar-refractivity contribution in [1.29, 1.82) is 0 Å². The molecule has 0 N–H and O–H groups in total. The van der Waals surface area contributed by atoms with Gasteiger partial charge in [-0.05, 0) is 79.7 Å². The van der Waals surface area contributed by atoms with E-state index in [1.807, 2.05) is 64.1 Å². The Balaban J connectivity index is 2.01. The van der Waals surface area contributed by atoms with Crippen molar-refractivity contribution in [3.63, 3.8) is 0 Å². The Labute approximate surface area is 234 Å². The summed E-state index contributed by atoms with van der Waals surface area (Å²) in [7, 11) is 0. The highest BCUT2D eigenvalue weighted by molar-refractivity contribution is 6.44. The van der Waals surface area contributed by atoms with Crippen LogP contribution in [0, 0.1) is 0 Å². The van der Waals surface area contributed by atoms with Gasteiger partial charge < -0.3 is 0 Å². The first-order valence-electron chi connectivity index (χ1n) is 12.4. The lowest BCUT2D eigenvalue weighted by molar-refractivity contribution is 1.19. The van der Waals surface area contributed by atoms with Crippen LogP contribution in [0.5, 0.6) is 0 Å². The van der Waals surface area contributed by atoms with Crippen LogP contribution in [0.4, 0.5) is 0 Å². The van der Waals surface area contributed by atoms with Gasteiger partial charge in [0.2, 0.25) is 0 Å². The first-order chi connectivity index (χ1) is 19.2. The summed E-state index contributed by atoms with van der Waals surface area (Å²) in [5, 5.41) is 41.8. The lowest BCUT2D eigenvalue weighted by Gasteiger charge is -1.99. The van der Waals surface area contributed by atoms with E-state index < -0.39 is 0 Å². The summed E-state index contributed by atoms with van der Waals surface area (Å²) in [6.45, 7) is 14.5. The molecule has 2 aromatic rings. The first kappa shape index (κ1) is 31.2. The van der Waals surface area contributed by atoms with E-state index in [4.69, 9.17) is 0 Å². The number of nitrogens with zero attached hydrogens (tertiary/aromatic N) is 12. The van der Waals surface area contributed by atoms with Crippen molar-refractivity contribution < 1.29 is 0 Å². The summed E-state index contributed by atoms with van der Waals surface area (Å²) in [4.78, 5) is 8.33. The van der Waals surface area contributed by atoms with Crippen molar-refractivity contribution in [1.82, 2.24) is 9.97 Å². The third-order valence-electron chi connectivity index (χ3n) is 5.32. The molecule has 2 heterocycles. The summed E-state index contributed by atoms with van der Waals surface area (Å²) in [5.74, 6) is 0. The second kappa shape index (κ2) is 16.8. The summed E-state index contributed by atoms with van der Waals surface area (Å²) >= 11 is 0. The Morgan fingerprint density at radius 3 is 0.950 bits per heavy atom. The molecule has 0 radical (unpaired) electrons. The molecule has 2 aromatic heterocycles. The molecule has 0 atom stereocenters. The Bertz CT molecular complexity index is 1330. The smallest absolute Gasteiger partial charge is 0.0831 e. The van der Waals surface area contributed by atoms with Gasteiger partial charge in [-0.15, -0.1) is 0 Å². The van der Waals surface area contributed by atoms with Gasteiger partial charge in [0, 0.05) is 12.4 Å². The molecule has 2 rings (SSSR count). The highest BCUT2D eigenvalue weighted by Gasteiger charge is 2.02. The quantitative estimate of drug-likeness (QED) is 0.283. The number of rotatable bonds is 11.